The fourth-order valence-corrected chi connectivity index (χ4v) is 3.45. The van der Waals surface area contributed by atoms with Crippen molar-refractivity contribution < 1.29 is 0 Å². The van der Waals surface area contributed by atoms with Gasteiger partial charge in [0.2, 0.25) is 0 Å². The van der Waals surface area contributed by atoms with Gasteiger partial charge in [0.1, 0.15) is 0 Å². The first kappa shape index (κ1) is 16.0. The second kappa shape index (κ2) is 7.53. The summed E-state index contributed by atoms with van der Waals surface area (Å²) in [7, 11) is 0. The molecule has 1 nitrogen and oxygen atoms in total. The Morgan fingerprint density at radius 2 is 1.72 bits per heavy atom. The van der Waals surface area contributed by atoms with Crippen LogP contribution < -0.4 is 5.32 Å². The molecule has 0 bridgehead atoms. The summed E-state index contributed by atoms with van der Waals surface area (Å²) < 4.78 is 0. The van der Waals surface area contributed by atoms with Gasteiger partial charge in [-0.3, -0.25) is 0 Å². The van der Waals surface area contributed by atoms with Crippen molar-refractivity contribution >= 4 is 0 Å². The van der Waals surface area contributed by atoms with Crippen molar-refractivity contribution in [3.05, 3.63) is 0 Å². The zero-order valence-corrected chi connectivity index (χ0v) is 13.5. The molecular weight excluding hydrogens is 218 g/mol. The van der Waals surface area contributed by atoms with Crippen LogP contribution >= 0.6 is 0 Å². The van der Waals surface area contributed by atoms with Crippen LogP contribution in [0.15, 0.2) is 0 Å². The Bertz CT molecular complexity index is 224. The van der Waals surface area contributed by atoms with E-state index in [4.69, 9.17) is 0 Å². The largest absolute Gasteiger partial charge is 0.314 e. The van der Waals surface area contributed by atoms with Crippen LogP contribution in [0, 0.1) is 29.6 Å². The van der Waals surface area contributed by atoms with Crippen molar-refractivity contribution in [1.82, 2.24) is 5.32 Å². The van der Waals surface area contributed by atoms with Crippen molar-refractivity contribution in [3.8, 4) is 0 Å². The maximum absolute atomic E-state index is 3.71. The van der Waals surface area contributed by atoms with Gasteiger partial charge < -0.3 is 5.32 Å². The van der Waals surface area contributed by atoms with Crippen molar-refractivity contribution in [2.45, 2.75) is 73.3 Å². The number of hydrogen-bond donors (Lipinski definition) is 1. The molecule has 108 valence electrons. The standard InChI is InChI=1S/C17H35N/c1-12(2)11-18-16(6)14(4)15(5)17-9-7-8-13(3)10-17/h12-18H,7-11H2,1-6H3. The maximum Gasteiger partial charge on any atom is 0.00671 e. The Morgan fingerprint density at radius 1 is 1.06 bits per heavy atom. The van der Waals surface area contributed by atoms with E-state index in [0.717, 1.165) is 36.1 Å². The van der Waals surface area contributed by atoms with Gasteiger partial charge in [0.15, 0.2) is 0 Å². The van der Waals surface area contributed by atoms with Crippen LogP contribution in [0.1, 0.15) is 67.2 Å². The third-order valence-electron chi connectivity index (χ3n) is 5.19. The van der Waals surface area contributed by atoms with Gasteiger partial charge in [-0.15, -0.1) is 0 Å². The monoisotopic (exact) mass is 253 g/mol. The highest BCUT2D eigenvalue weighted by Gasteiger charge is 2.29. The Morgan fingerprint density at radius 3 is 2.28 bits per heavy atom. The lowest BCUT2D eigenvalue weighted by Crippen LogP contribution is -2.39. The minimum absolute atomic E-state index is 0.652. The lowest BCUT2D eigenvalue weighted by atomic mass is 9.71. The summed E-state index contributed by atoms with van der Waals surface area (Å²) in [5, 5.41) is 3.71. The minimum atomic E-state index is 0.652. The van der Waals surface area contributed by atoms with Crippen LogP contribution in [-0.4, -0.2) is 12.6 Å². The van der Waals surface area contributed by atoms with Crippen LogP contribution in [0.2, 0.25) is 0 Å². The molecule has 0 spiro atoms. The van der Waals surface area contributed by atoms with E-state index in [1.807, 2.05) is 0 Å². The highest BCUT2D eigenvalue weighted by Crippen LogP contribution is 2.37. The average Bonchev–Trinajstić information content (AvgIpc) is 2.34. The third-order valence-corrected chi connectivity index (χ3v) is 5.19. The van der Waals surface area contributed by atoms with Crippen molar-refractivity contribution in [1.29, 1.82) is 0 Å². The predicted molar refractivity (Wildman–Crippen MR) is 81.8 cm³/mol. The highest BCUT2D eigenvalue weighted by atomic mass is 14.9. The summed E-state index contributed by atoms with van der Waals surface area (Å²) in [5.74, 6) is 4.33. The third kappa shape index (κ3) is 4.91. The van der Waals surface area contributed by atoms with E-state index >= 15 is 0 Å². The van der Waals surface area contributed by atoms with Gasteiger partial charge in [-0.05, 0) is 49.5 Å². The summed E-state index contributed by atoms with van der Waals surface area (Å²) in [6.07, 6.45) is 5.84. The molecule has 1 heteroatoms. The van der Waals surface area contributed by atoms with Crippen molar-refractivity contribution in [2.75, 3.05) is 6.54 Å². The molecule has 1 aliphatic rings. The van der Waals surface area contributed by atoms with E-state index in [-0.39, 0.29) is 0 Å². The summed E-state index contributed by atoms with van der Waals surface area (Å²) in [5.41, 5.74) is 0. The predicted octanol–water partition coefficient (Wildman–Crippen LogP) is 4.72. The minimum Gasteiger partial charge on any atom is -0.314 e. The smallest absolute Gasteiger partial charge is 0.00671 e. The molecule has 1 saturated carbocycles. The molecule has 1 aliphatic carbocycles. The zero-order valence-electron chi connectivity index (χ0n) is 13.5. The first-order chi connectivity index (χ1) is 8.41. The molecule has 0 amide bonds. The summed E-state index contributed by atoms with van der Waals surface area (Å²) in [6.45, 7) is 15.5. The number of hydrogen-bond acceptors (Lipinski definition) is 1. The number of nitrogens with one attached hydrogen (secondary N) is 1. The van der Waals surface area contributed by atoms with Gasteiger partial charge in [-0.2, -0.15) is 0 Å². The van der Waals surface area contributed by atoms with Gasteiger partial charge in [-0.25, -0.2) is 0 Å². The molecule has 0 aromatic heterocycles. The van der Waals surface area contributed by atoms with E-state index in [1.165, 1.54) is 25.7 Å². The first-order valence-corrected chi connectivity index (χ1v) is 8.15. The molecule has 0 aliphatic heterocycles. The van der Waals surface area contributed by atoms with Crippen LogP contribution in [0.5, 0.6) is 0 Å². The lowest BCUT2D eigenvalue weighted by molar-refractivity contribution is 0.150. The normalized spacial score (nSPS) is 30.2. The molecule has 18 heavy (non-hydrogen) atoms. The van der Waals surface area contributed by atoms with Gasteiger partial charge in [0.05, 0.1) is 0 Å². The molecule has 0 saturated heterocycles. The van der Waals surface area contributed by atoms with Crippen molar-refractivity contribution in [3.63, 3.8) is 0 Å². The SMILES string of the molecule is CC(C)CNC(C)C(C)C(C)C1CCCC(C)C1. The van der Waals surface area contributed by atoms with Crippen LogP contribution in [0.3, 0.4) is 0 Å². The van der Waals surface area contributed by atoms with Gasteiger partial charge in [-0.1, -0.05) is 53.9 Å². The molecule has 1 fully saturated rings. The fraction of sp³-hybridized carbons (Fsp3) is 1.00. The topological polar surface area (TPSA) is 12.0 Å². The van der Waals surface area contributed by atoms with Crippen LogP contribution in [0.25, 0.3) is 0 Å². The Kier molecular flexibility index (Phi) is 6.70. The van der Waals surface area contributed by atoms with E-state index < -0.39 is 0 Å². The van der Waals surface area contributed by atoms with Gasteiger partial charge in [0.25, 0.3) is 0 Å². The molecule has 0 aromatic rings. The van der Waals surface area contributed by atoms with Crippen LogP contribution in [0.4, 0.5) is 0 Å². The lowest BCUT2D eigenvalue weighted by Gasteiger charge is -2.37. The van der Waals surface area contributed by atoms with Crippen molar-refractivity contribution in [2.24, 2.45) is 29.6 Å². The second-order valence-corrected chi connectivity index (χ2v) is 7.34. The quantitative estimate of drug-likeness (QED) is 0.722. The Hall–Kier alpha value is -0.0400. The molecule has 1 rings (SSSR count). The summed E-state index contributed by atoms with van der Waals surface area (Å²) >= 11 is 0. The van der Waals surface area contributed by atoms with E-state index in [1.54, 1.807) is 0 Å². The zero-order chi connectivity index (χ0) is 13.7. The highest BCUT2D eigenvalue weighted by molar-refractivity contribution is 4.81. The molecule has 5 unspecified atom stereocenters. The van der Waals surface area contributed by atoms with E-state index in [0.29, 0.717) is 6.04 Å². The van der Waals surface area contributed by atoms with Gasteiger partial charge in [0, 0.05) is 6.04 Å². The molecule has 0 heterocycles. The average molecular weight is 253 g/mol. The van der Waals surface area contributed by atoms with E-state index in [9.17, 15) is 0 Å². The molecule has 5 atom stereocenters. The summed E-state index contributed by atoms with van der Waals surface area (Å²) in [6, 6.07) is 0.652. The summed E-state index contributed by atoms with van der Waals surface area (Å²) in [4.78, 5) is 0. The second-order valence-electron chi connectivity index (χ2n) is 7.34. The molecule has 1 N–H and O–H groups in total. The molecular formula is C17H35N. The molecule has 0 radical (unpaired) electrons. The van der Waals surface area contributed by atoms with Crippen LogP contribution in [-0.2, 0) is 0 Å². The Labute approximate surface area is 115 Å². The molecule has 0 aromatic carbocycles. The Balaban J connectivity index is 2.41. The van der Waals surface area contributed by atoms with E-state index in [2.05, 4.69) is 46.9 Å². The van der Waals surface area contributed by atoms with Gasteiger partial charge >= 0.3 is 0 Å². The maximum atomic E-state index is 3.71. The number of rotatable bonds is 6. The first-order valence-electron chi connectivity index (χ1n) is 8.15. The fourth-order valence-electron chi connectivity index (χ4n) is 3.45.